The van der Waals surface area contributed by atoms with Crippen molar-refractivity contribution in [2.24, 2.45) is 0 Å². The largest absolute Gasteiger partial charge is 0.420 e. The number of halogens is 1. The molecule has 0 N–H and O–H groups in total. The van der Waals surface area contributed by atoms with Gasteiger partial charge in [0, 0.05) is 11.0 Å². The number of imidazole rings is 1. The molecular weight excluding hydrogens is 400 g/mol. The molecule has 0 aliphatic heterocycles. The van der Waals surface area contributed by atoms with Crippen molar-refractivity contribution in [1.82, 2.24) is 19.7 Å². The summed E-state index contributed by atoms with van der Waals surface area (Å²) in [5, 5.41) is 9.28. The van der Waals surface area contributed by atoms with Crippen LogP contribution in [0.15, 0.2) is 62.6 Å². The lowest BCUT2D eigenvalue weighted by atomic mass is 10.2. The molecule has 0 radical (unpaired) electrons. The van der Waals surface area contributed by atoms with Crippen molar-refractivity contribution in [1.29, 1.82) is 0 Å². The summed E-state index contributed by atoms with van der Waals surface area (Å²) in [6, 6.07) is 16.0. The Morgan fingerprint density at radius 2 is 1.88 bits per heavy atom. The van der Waals surface area contributed by atoms with E-state index in [1.807, 2.05) is 42.5 Å². The third kappa shape index (κ3) is 3.21. The fourth-order valence-corrected chi connectivity index (χ4v) is 4.02. The number of fused-ring (bicyclic) bond motifs is 1. The summed E-state index contributed by atoms with van der Waals surface area (Å²) < 4.78 is 8.94. The van der Waals surface area contributed by atoms with Crippen LogP contribution in [0.3, 0.4) is 0 Å². The van der Waals surface area contributed by atoms with Crippen LogP contribution in [0.25, 0.3) is 22.5 Å². The predicted molar refractivity (Wildman–Crippen MR) is 102 cm³/mol. The van der Waals surface area contributed by atoms with Gasteiger partial charge in [-0.05, 0) is 47.1 Å². The molecule has 2 heterocycles. The number of nitrogens with zero attached hydrogens (tertiary/aromatic N) is 4. The molecule has 0 unspecified atom stereocenters. The van der Waals surface area contributed by atoms with E-state index in [1.54, 1.807) is 11.8 Å². The molecular formula is C18H15BrN4OS. The molecule has 0 fully saturated rings. The Balaban J connectivity index is 1.56. The second-order valence-corrected chi connectivity index (χ2v) is 7.19. The lowest BCUT2D eigenvalue weighted by Crippen LogP contribution is -1.96. The van der Waals surface area contributed by atoms with Gasteiger partial charge in [-0.25, -0.2) is 4.98 Å². The molecule has 0 saturated carbocycles. The van der Waals surface area contributed by atoms with Crippen LogP contribution in [0.1, 0.15) is 12.8 Å². The maximum atomic E-state index is 5.81. The van der Waals surface area contributed by atoms with Gasteiger partial charge in [-0.2, -0.15) is 0 Å². The molecule has 5 nitrogen and oxygen atoms in total. The molecule has 0 bridgehead atoms. The third-order valence-corrected chi connectivity index (χ3v) is 5.48. The highest BCUT2D eigenvalue weighted by atomic mass is 79.9. The van der Waals surface area contributed by atoms with Crippen molar-refractivity contribution < 1.29 is 4.42 Å². The summed E-state index contributed by atoms with van der Waals surface area (Å²) in [6.45, 7) is 2.99. The Morgan fingerprint density at radius 3 is 2.72 bits per heavy atom. The van der Waals surface area contributed by atoms with Crippen LogP contribution in [-0.2, 0) is 12.3 Å². The van der Waals surface area contributed by atoms with Crippen LogP contribution >= 0.6 is 27.7 Å². The molecule has 0 spiro atoms. The molecule has 4 aromatic rings. The Hall–Kier alpha value is -2.12. The number of para-hydroxylation sites is 2. The number of aryl methyl sites for hydroxylation is 1. The summed E-state index contributed by atoms with van der Waals surface area (Å²) in [7, 11) is 0. The van der Waals surface area contributed by atoms with Crippen LogP contribution in [0, 0.1) is 0 Å². The van der Waals surface area contributed by atoms with Crippen molar-refractivity contribution in [3.8, 4) is 11.5 Å². The molecule has 0 saturated heterocycles. The highest BCUT2D eigenvalue weighted by Gasteiger charge is 2.14. The van der Waals surface area contributed by atoms with E-state index in [1.165, 1.54) is 0 Å². The van der Waals surface area contributed by atoms with E-state index in [4.69, 9.17) is 9.40 Å². The van der Waals surface area contributed by atoms with Crippen LogP contribution in [-0.4, -0.2) is 19.7 Å². The van der Waals surface area contributed by atoms with Crippen molar-refractivity contribution in [3.63, 3.8) is 0 Å². The minimum Gasteiger partial charge on any atom is -0.420 e. The standard InChI is InChI=1S/C18H15BrN4OS/c1-2-23-15-10-6-5-9-14(15)20-18(23)25-11-16-21-22-17(24-16)12-7-3-4-8-13(12)19/h3-10H,2,11H2,1H3. The van der Waals surface area contributed by atoms with Gasteiger partial charge < -0.3 is 8.98 Å². The molecule has 2 aromatic carbocycles. The first-order valence-corrected chi connectivity index (χ1v) is 9.69. The Morgan fingerprint density at radius 1 is 1.08 bits per heavy atom. The minimum atomic E-state index is 0.520. The summed E-state index contributed by atoms with van der Waals surface area (Å²) >= 11 is 5.12. The molecule has 0 amide bonds. The monoisotopic (exact) mass is 414 g/mol. The van der Waals surface area contributed by atoms with Crippen LogP contribution in [0.2, 0.25) is 0 Å². The second kappa shape index (κ2) is 7.01. The zero-order valence-corrected chi connectivity index (χ0v) is 15.9. The molecule has 7 heteroatoms. The molecule has 2 aromatic heterocycles. The average Bonchev–Trinajstić information content (AvgIpc) is 3.24. The lowest BCUT2D eigenvalue weighted by Gasteiger charge is -2.03. The number of rotatable bonds is 5. The Labute approximate surface area is 157 Å². The Bertz CT molecular complexity index is 1030. The second-order valence-electron chi connectivity index (χ2n) is 5.40. The molecule has 0 aliphatic rings. The first-order chi connectivity index (χ1) is 12.3. The van der Waals surface area contributed by atoms with E-state index in [0.717, 1.165) is 32.8 Å². The summed E-state index contributed by atoms with van der Waals surface area (Å²) in [4.78, 5) is 4.71. The van der Waals surface area contributed by atoms with Gasteiger partial charge in [0.25, 0.3) is 0 Å². The molecule has 4 rings (SSSR count). The van der Waals surface area contributed by atoms with Crippen molar-refractivity contribution in [3.05, 3.63) is 58.9 Å². The predicted octanol–water partition coefficient (Wildman–Crippen LogP) is 5.16. The fourth-order valence-electron chi connectivity index (χ4n) is 2.65. The molecule has 25 heavy (non-hydrogen) atoms. The SMILES string of the molecule is CCn1c(SCc2nnc(-c3ccccc3Br)o2)nc2ccccc21. The fraction of sp³-hybridized carbons (Fsp3) is 0.167. The minimum absolute atomic E-state index is 0.520. The van der Waals surface area contributed by atoms with Crippen LogP contribution in [0.5, 0.6) is 0 Å². The Kier molecular flexibility index (Phi) is 4.59. The van der Waals surface area contributed by atoms with Gasteiger partial charge in [0.05, 0.1) is 22.3 Å². The first-order valence-electron chi connectivity index (χ1n) is 7.91. The van der Waals surface area contributed by atoms with E-state index >= 15 is 0 Å². The quantitative estimate of drug-likeness (QED) is 0.422. The van der Waals surface area contributed by atoms with Crippen molar-refractivity contribution in [2.45, 2.75) is 24.4 Å². The number of hydrogen-bond acceptors (Lipinski definition) is 5. The van der Waals surface area contributed by atoms with Crippen LogP contribution in [0.4, 0.5) is 0 Å². The maximum absolute atomic E-state index is 5.81. The van der Waals surface area contributed by atoms with Gasteiger partial charge in [0.15, 0.2) is 5.16 Å². The highest BCUT2D eigenvalue weighted by Crippen LogP contribution is 2.29. The topological polar surface area (TPSA) is 56.7 Å². The average molecular weight is 415 g/mol. The summed E-state index contributed by atoms with van der Waals surface area (Å²) in [6.07, 6.45) is 0. The van der Waals surface area contributed by atoms with E-state index < -0.39 is 0 Å². The van der Waals surface area contributed by atoms with Crippen molar-refractivity contribution in [2.75, 3.05) is 0 Å². The van der Waals surface area contributed by atoms with E-state index in [2.05, 4.69) is 43.7 Å². The third-order valence-electron chi connectivity index (χ3n) is 3.83. The normalized spacial score (nSPS) is 11.3. The number of aromatic nitrogens is 4. The molecule has 0 aliphatic carbocycles. The number of thioether (sulfide) groups is 1. The lowest BCUT2D eigenvalue weighted by molar-refractivity contribution is 0.528. The zero-order valence-electron chi connectivity index (χ0n) is 13.5. The smallest absolute Gasteiger partial charge is 0.248 e. The van der Waals surface area contributed by atoms with Gasteiger partial charge in [-0.1, -0.05) is 36.0 Å². The summed E-state index contributed by atoms with van der Waals surface area (Å²) in [5.41, 5.74) is 3.05. The zero-order chi connectivity index (χ0) is 17.2. The van der Waals surface area contributed by atoms with Gasteiger partial charge in [0.2, 0.25) is 11.8 Å². The highest BCUT2D eigenvalue weighted by molar-refractivity contribution is 9.10. The molecule has 126 valence electrons. The maximum Gasteiger partial charge on any atom is 0.248 e. The van der Waals surface area contributed by atoms with Gasteiger partial charge >= 0.3 is 0 Å². The number of benzene rings is 2. The van der Waals surface area contributed by atoms with Crippen LogP contribution < -0.4 is 0 Å². The van der Waals surface area contributed by atoms with Crippen molar-refractivity contribution >= 4 is 38.7 Å². The van der Waals surface area contributed by atoms with E-state index in [9.17, 15) is 0 Å². The number of hydrogen-bond donors (Lipinski definition) is 0. The van der Waals surface area contributed by atoms with Gasteiger partial charge in [-0.3, -0.25) is 0 Å². The van der Waals surface area contributed by atoms with Gasteiger partial charge in [-0.15, -0.1) is 10.2 Å². The van der Waals surface area contributed by atoms with Gasteiger partial charge in [0.1, 0.15) is 0 Å². The van der Waals surface area contributed by atoms with E-state index in [-0.39, 0.29) is 0 Å². The first kappa shape index (κ1) is 16.4. The van der Waals surface area contributed by atoms with E-state index in [0.29, 0.717) is 17.5 Å². The summed E-state index contributed by atoms with van der Waals surface area (Å²) in [5.74, 6) is 1.69. The molecule has 0 atom stereocenters.